The molecule has 0 saturated heterocycles. The normalized spacial score (nSPS) is 13.9. The molecule has 0 N–H and O–H groups in total. The number of carbonyl (C=O) groups excluding carboxylic acids is 1. The van der Waals surface area contributed by atoms with Crippen LogP contribution < -0.4 is 15.5 Å². The molecule has 1 amide bonds. The number of benzene rings is 1. The van der Waals surface area contributed by atoms with Gasteiger partial charge in [0.15, 0.2) is 0 Å². The van der Waals surface area contributed by atoms with Crippen LogP contribution in [0, 0.1) is 12.7 Å². The molecule has 0 spiro atoms. The Labute approximate surface area is 187 Å². The lowest BCUT2D eigenvalue weighted by atomic mass is 10.2. The third-order valence-electron chi connectivity index (χ3n) is 5.61. The number of rotatable bonds is 6. The van der Waals surface area contributed by atoms with Gasteiger partial charge in [-0.05, 0) is 42.4 Å². The highest BCUT2D eigenvalue weighted by Crippen LogP contribution is 2.17. The van der Waals surface area contributed by atoms with E-state index in [1.165, 1.54) is 10.6 Å². The van der Waals surface area contributed by atoms with Gasteiger partial charge in [0.2, 0.25) is 0 Å². The molecule has 3 heterocycles. The van der Waals surface area contributed by atoms with Crippen LogP contribution in [-0.2, 0) is 6.54 Å². The highest BCUT2D eigenvalue weighted by Gasteiger charge is 2.27. The monoisotopic (exact) mass is 454 g/mol. The van der Waals surface area contributed by atoms with Crippen LogP contribution in [0.4, 0.5) is 4.39 Å². The Kier molecular flexibility index (Phi) is 5.76. The summed E-state index contributed by atoms with van der Waals surface area (Å²) in [5.74, 6) is 0.204. The number of nitrogens with zero attached hydrogens (tertiary/aromatic N) is 4. The number of imidazole rings is 1. The predicted octanol–water partition coefficient (Wildman–Crippen LogP) is 2.56. The molecule has 0 fully saturated rings. The van der Waals surface area contributed by atoms with Gasteiger partial charge in [-0.1, -0.05) is 19.6 Å². The second-order valence-electron chi connectivity index (χ2n) is 9.01. The van der Waals surface area contributed by atoms with Crippen LogP contribution in [0.25, 0.3) is 5.69 Å². The van der Waals surface area contributed by atoms with E-state index in [-0.39, 0.29) is 17.3 Å². The molecule has 2 aromatic heterocycles. The van der Waals surface area contributed by atoms with Gasteiger partial charge in [0.25, 0.3) is 11.5 Å². The average molecular weight is 455 g/mol. The maximum absolute atomic E-state index is 13.7. The topological polar surface area (TPSA) is 69.4 Å². The number of hydrogen-bond acceptors (Lipinski definition) is 4. The first-order valence-corrected chi connectivity index (χ1v) is 14.1. The van der Waals surface area contributed by atoms with Crippen LogP contribution in [-0.4, -0.2) is 52.7 Å². The van der Waals surface area contributed by atoms with Crippen molar-refractivity contribution in [1.29, 1.82) is 0 Å². The van der Waals surface area contributed by atoms with Gasteiger partial charge in [0.05, 0.1) is 26.6 Å². The number of ether oxygens (including phenoxy) is 1. The first kappa shape index (κ1) is 22.0. The Morgan fingerprint density at radius 2 is 1.91 bits per heavy atom. The molecule has 0 saturated carbocycles. The second kappa shape index (κ2) is 8.38. The van der Waals surface area contributed by atoms with Gasteiger partial charge in [0.1, 0.15) is 29.6 Å². The highest BCUT2D eigenvalue weighted by atomic mass is 28.3. The fraction of sp³-hybridized carbons (Fsp3) is 0.348. The van der Waals surface area contributed by atoms with Crippen LogP contribution in [0.3, 0.4) is 0 Å². The van der Waals surface area contributed by atoms with Crippen molar-refractivity contribution in [2.24, 2.45) is 0 Å². The van der Waals surface area contributed by atoms with E-state index in [9.17, 15) is 14.0 Å². The van der Waals surface area contributed by atoms with Gasteiger partial charge in [-0.2, -0.15) is 0 Å². The molecule has 1 aromatic carbocycles. The number of fused-ring (bicyclic) bond motifs is 1. The summed E-state index contributed by atoms with van der Waals surface area (Å²) >= 11 is 0. The van der Waals surface area contributed by atoms with E-state index in [1.54, 1.807) is 46.3 Å². The molecule has 168 valence electrons. The smallest absolute Gasteiger partial charge is 0.275 e. The molecule has 32 heavy (non-hydrogen) atoms. The van der Waals surface area contributed by atoms with Gasteiger partial charge >= 0.3 is 0 Å². The maximum atomic E-state index is 13.7. The van der Waals surface area contributed by atoms with E-state index in [0.717, 1.165) is 10.9 Å². The van der Waals surface area contributed by atoms with Crippen molar-refractivity contribution in [2.45, 2.75) is 33.1 Å². The van der Waals surface area contributed by atoms with E-state index < -0.39 is 8.07 Å². The Balaban J connectivity index is 1.47. The second-order valence-corrected chi connectivity index (χ2v) is 14.1. The number of amides is 1. The van der Waals surface area contributed by atoms with Crippen LogP contribution in [0.15, 0.2) is 47.7 Å². The molecule has 1 aliphatic rings. The Hall–Kier alpha value is -3.20. The van der Waals surface area contributed by atoms with Crippen molar-refractivity contribution in [3.63, 3.8) is 0 Å². The SMILES string of the molecule is Cc1cn(-c2ccc3n(c2=O)CCN(CCOc2ccc(F)cc2[Si](C)(C)C)C3=O)cn1. The zero-order valence-electron chi connectivity index (χ0n) is 18.8. The summed E-state index contributed by atoms with van der Waals surface area (Å²) < 4.78 is 22.9. The summed E-state index contributed by atoms with van der Waals surface area (Å²) in [5.41, 5.74) is 1.43. The molecule has 1 aliphatic heterocycles. The van der Waals surface area contributed by atoms with E-state index in [1.807, 2.05) is 6.92 Å². The first-order valence-electron chi connectivity index (χ1n) is 10.6. The lowest BCUT2D eigenvalue weighted by molar-refractivity contribution is 0.0673. The summed E-state index contributed by atoms with van der Waals surface area (Å²) in [5, 5.41) is 0.918. The number of hydrogen-bond donors (Lipinski definition) is 0. The Morgan fingerprint density at radius 3 is 2.59 bits per heavy atom. The summed E-state index contributed by atoms with van der Waals surface area (Å²) in [6.45, 7) is 9.78. The lowest BCUT2D eigenvalue weighted by Crippen LogP contribution is -2.46. The van der Waals surface area contributed by atoms with E-state index in [0.29, 0.717) is 43.4 Å². The summed E-state index contributed by atoms with van der Waals surface area (Å²) in [6.07, 6.45) is 3.37. The quantitative estimate of drug-likeness (QED) is 0.537. The molecule has 7 nitrogen and oxygen atoms in total. The molecular formula is C23H27FN4O3Si. The third kappa shape index (κ3) is 4.25. The molecular weight excluding hydrogens is 427 g/mol. The Bertz CT molecular complexity index is 1230. The summed E-state index contributed by atoms with van der Waals surface area (Å²) in [6, 6.07) is 7.95. The van der Waals surface area contributed by atoms with E-state index in [4.69, 9.17) is 4.74 Å². The summed E-state index contributed by atoms with van der Waals surface area (Å²) in [4.78, 5) is 31.8. The van der Waals surface area contributed by atoms with Crippen LogP contribution in [0.5, 0.6) is 5.75 Å². The fourth-order valence-corrected chi connectivity index (χ4v) is 5.37. The zero-order valence-corrected chi connectivity index (χ0v) is 19.8. The van der Waals surface area contributed by atoms with Crippen molar-refractivity contribution >= 4 is 19.2 Å². The average Bonchev–Trinajstić information content (AvgIpc) is 3.16. The van der Waals surface area contributed by atoms with Gasteiger partial charge in [0, 0.05) is 19.3 Å². The van der Waals surface area contributed by atoms with Crippen LogP contribution in [0.2, 0.25) is 19.6 Å². The Morgan fingerprint density at radius 1 is 1.12 bits per heavy atom. The fourth-order valence-electron chi connectivity index (χ4n) is 3.90. The predicted molar refractivity (Wildman–Crippen MR) is 123 cm³/mol. The minimum atomic E-state index is -1.79. The van der Waals surface area contributed by atoms with Crippen molar-refractivity contribution in [2.75, 3.05) is 19.7 Å². The standard InChI is InChI=1S/C23H27FN4O3Si/c1-16-14-27(15-25-16)18-6-7-19-22(29)26(9-10-28(19)23(18)30)11-12-31-20-8-5-17(24)13-21(20)32(2,3)4/h5-8,13-15H,9-12H2,1-4H3. The van der Waals surface area contributed by atoms with Crippen LogP contribution >= 0.6 is 0 Å². The number of pyridine rings is 1. The molecule has 0 aliphatic carbocycles. The molecule has 9 heteroatoms. The molecule has 0 unspecified atom stereocenters. The zero-order chi connectivity index (χ0) is 23.0. The molecule has 0 bridgehead atoms. The highest BCUT2D eigenvalue weighted by molar-refractivity contribution is 6.89. The minimum Gasteiger partial charge on any atom is -0.492 e. The number of aryl methyl sites for hydroxylation is 1. The molecule has 0 radical (unpaired) electrons. The minimum absolute atomic E-state index is 0.199. The van der Waals surface area contributed by atoms with Crippen molar-refractivity contribution in [3.05, 3.63) is 70.4 Å². The van der Waals surface area contributed by atoms with Crippen molar-refractivity contribution in [3.8, 4) is 11.4 Å². The van der Waals surface area contributed by atoms with Crippen molar-refractivity contribution in [1.82, 2.24) is 19.0 Å². The number of aromatic nitrogens is 3. The number of halogens is 1. The van der Waals surface area contributed by atoms with Gasteiger partial charge < -0.3 is 18.8 Å². The molecule has 4 rings (SSSR count). The molecule has 3 aromatic rings. The lowest BCUT2D eigenvalue weighted by Gasteiger charge is -2.30. The van der Waals surface area contributed by atoms with Gasteiger partial charge in [-0.25, -0.2) is 9.37 Å². The molecule has 0 atom stereocenters. The summed E-state index contributed by atoms with van der Waals surface area (Å²) in [7, 11) is -1.79. The third-order valence-corrected chi connectivity index (χ3v) is 7.62. The van der Waals surface area contributed by atoms with E-state index >= 15 is 0 Å². The first-order chi connectivity index (χ1) is 15.1. The van der Waals surface area contributed by atoms with E-state index in [2.05, 4.69) is 24.6 Å². The van der Waals surface area contributed by atoms with Crippen LogP contribution in [0.1, 0.15) is 16.2 Å². The maximum Gasteiger partial charge on any atom is 0.275 e. The largest absolute Gasteiger partial charge is 0.492 e. The number of carbonyl (C=O) groups is 1. The van der Waals surface area contributed by atoms with Gasteiger partial charge in [-0.15, -0.1) is 0 Å². The van der Waals surface area contributed by atoms with Gasteiger partial charge in [-0.3, -0.25) is 9.59 Å². The van der Waals surface area contributed by atoms with Crippen molar-refractivity contribution < 1.29 is 13.9 Å².